The van der Waals surface area contributed by atoms with E-state index in [2.05, 4.69) is 10.2 Å². The van der Waals surface area contributed by atoms with E-state index in [1.54, 1.807) is 0 Å². The molecule has 1 aliphatic heterocycles. The van der Waals surface area contributed by atoms with Gasteiger partial charge in [0.25, 0.3) is 11.8 Å². The third-order valence-electron chi connectivity index (χ3n) is 6.19. The Morgan fingerprint density at radius 2 is 1.83 bits per heavy atom. The minimum absolute atomic E-state index is 0.00422. The molecule has 35 heavy (non-hydrogen) atoms. The summed E-state index contributed by atoms with van der Waals surface area (Å²) in [6.45, 7) is -0.686. The van der Waals surface area contributed by atoms with Crippen LogP contribution in [0.15, 0.2) is 16.5 Å². The zero-order chi connectivity index (χ0) is 25.6. The van der Waals surface area contributed by atoms with Crippen LogP contribution in [0.25, 0.3) is 11.5 Å². The van der Waals surface area contributed by atoms with Crippen molar-refractivity contribution in [3.05, 3.63) is 35.0 Å². The first-order valence-corrected chi connectivity index (χ1v) is 12.3. The number of amides is 1. The lowest BCUT2D eigenvalue weighted by molar-refractivity contribution is -0.106. The number of rotatable bonds is 7. The number of nitrogens with one attached hydrogen (secondary N) is 1. The van der Waals surface area contributed by atoms with Gasteiger partial charge in [-0.3, -0.25) is 4.79 Å². The minimum Gasteiger partial charge on any atom is -0.415 e. The summed E-state index contributed by atoms with van der Waals surface area (Å²) in [5, 5.41) is 6.63. The van der Waals surface area contributed by atoms with Gasteiger partial charge < -0.3 is 9.32 Å². The molecule has 1 saturated carbocycles. The molecule has 1 aliphatic carbocycles. The Morgan fingerprint density at radius 3 is 2.43 bits per heavy atom. The van der Waals surface area contributed by atoms with Gasteiger partial charge in [0.05, 0.1) is 12.1 Å². The van der Waals surface area contributed by atoms with Crippen LogP contribution in [0, 0.1) is 5.82 Å². The first-order valence-electron chi connectivity index (χ1n) is 10.6. The van der Waals surface area contributed by atoms with E-state index in [4.69, 9.17) is 4.42 Å². The molecule has 4 rings (SSSR count). The van der Waals surface area contributed by atoms with Gasteiger partial charge >= 0.3 is 12.6 Å². The minimum atomic E-state index is -4.94. The number of benzene rings is 1. The molecular weight excluding hydrogens is 506 g/mol. The van der Waals surface area contributed by atoms with Crippen LogP contribution in [0.2, 0.25) is 0 Å². The SMILES string of the molecule is O=C1c2cc(-c3nnc(C(F)F)o3)cc(F)c2CN1C1(CNS(=O)(=O)CC(F)(F)F)CCCCC1. The average molecular weight is 526 g/mol. The first-order chi connectivity index (χ1) is 16.3. The standard InChI is InChI=1S/C20H20F6N4O4S/c21-14-7-11(16-28-29-17(34-16)15(22)23)6-12-13(14)8-30(18(12)31)19(4-2-1-3-5-19)9-27-35(32,33)10-20(24,25)26/h6-7,15,27H,1-5,8-10H2. The number of hydrogen-bond acceptors (Lipinski definition) is 6. The number of carbonyl (C=O) groups is 1. The van der Waals surface area contributed by atoms with Crippen LogP contribution in [0.1, 0.15) is 60.3 Å². The molecule has 0 unspecified atom stereocenters. The van der Waals surface area contributed by atoms with Crippen LogP contribution in [0.5, 0.6) is 0 Å². The maximum atomic E-state index is 14.9. The van der Waals surface area contributed by atoms with Gasteiger partial charge in [-0.2, -0.15) is 22.0 Å². The molecule has 0 saturated heterocycles. The van der Waals surface area contributed by atoms with Crippen LogP contribution < -0.4 is 4.72 Å². The lowest BCUT2D eigenvalue weighted by Crippen LogP contribution is -2.57. The molecule has 1 fully saturated rings. The molecule has 1 aromatic heterocycles. The van der Waals surface area contributed by atoms with E-state index < -0.39 is 64.0 Å². The second kappa shape index (κ2) is 9.08. The van der Waals surface area contributed by atoms with Crippen molar-refractivity contribution in [2.45, 2.75) is 56.8 Å². The maximum Gasteiger partial charge on any atom is 0.404 e. The van der Waals surface area contributed by atoms with Crippen molar-refractivity contribution < 1.29 is 44.0 Å². The van der Waals surface area contributed by atoms with E-state index >= 15 is 0 Å². The van der Waals surface area contributed by atoms with Gasteiger partial charge in [-0.15, -0.1) is 10.2 Å². The fourth-order valence-electron chi connectivity index (χ4n) is 4.57. The molecular formula is C20H20F6N4O4S. The van der Waals surface area contributed by atoms with Gasteiger partial charge in [0.1, 0.15) is 5.82 Å². The largest absolute Gasteiger partial charge is 0.415 e. The summed E-state index contributed by atoms with van der Waals surface area (Å²) in [7, 11) is -4.72. The number of fused-ring (bicyclic) bond motifs is 1. The monoisotopic (exact) mass is 526 g/mol. The third kappa shape index (κ3) is 5.29. The molecule has 192 valence electrons. The first kappa shape index (κ1) is 25.4. The summed E-state index contributed by atoms with van der Waals surface area (Å²) in [5.74, 6) is -4.95. The van der Waals surface area contributed by atoms with Gasteiger partial charge in [0.15, 0.2) is 5.75 Å². The molecule has 1 aromatic carbocycles. The predicted octanol–water partition coefficient (Wildman–Crippen LogP) is 3.95. The van der Waals surface area contributed by atoms with Crippen molar-refractivity contribution in [1.29, 1.82) is 0 Å². The number of alkyl halides is 5. The van der Waals surface area contributed by atoms with E-state index in [-0.39, 0.29) is 23.2 Å². The van der Waals surface area contributed by atoms with Crippen LogP contribution in [0.3, 0.4) is 0 Å². The highest BCUT2D eigenvalue weighted by molar-refractivity contribution is 7.89. The van der Waals surface area contributed by atoms with Crippen molar-refractivity contribution in [1.82, 2.24) is 19.8 Å². The highest BCUT2D eigenvalue weighted by Crippen LogP contribution is 2.41. The van der Waals surface area contributed by atoms with E-state index in [0.717, 1.165) is 12.5 Å². The van der Waals surface area contributed by atoms with Gasteiger partial charge in [-0.1, -0.05) is 19.3 Å². The van der Waals surface area contributed by atoms with Crippen molar-refractivity contribution in [2.24, 2.45) is 0 Å². The number of halogens is 6. The van der Waals surface area contributed by atoms with Crippen LogP contribution in [-0.4, -0.2) is 53.4 Å². The number of aromatic nitrogens is 2. The van der Waals surface area contributed by atoms with Gasteiger partial charge in [0.2, 0.25) is 15.9 Å². The summed E-state index contributed by atoms with van der Waals surface area (Å²) in [5.41, 5.74) is -1.36. The Balaban J connectivity index is 1.63. The van der Waals surface area contributed by atoms with Crippen LogP contribution in [-0.2, 0) is 16.6 Å². The van der Waals surface area contributed by atoms with Crippen molar-refractivity contribution in [3.8, 4) is 11.5 Å². The number of sulfonamides is 1. The fraction of sp³-hybridized carbons (Fsp3) is 0.550. The van der Waals surface area contributed by atoms with E-state index in [9.17, 15) is 39.6 Å². The second-order valence-electron chi connectivity index (χ2n) is 8.60. The number of hydrogen-bond donors (Lipinski definition) is 1. The summed E-state index contributed by atoms with van der Waals surface area (Å²) < 4.78 is 109. The molecule has 2 heterocycles. The molecule has 15 heteroatoms. The smallest absolute Gasteiger partial charge is 0.404 e. The Kier molecular flexibility index (Phi) is 6.59. The molecule has 0 atom stereocenters. The Bertz CT molecular complexity index is 1220. The number of carbonyl (C=O) groups excluding carboxylic acids is 1. The van der Waals surface area contributed by atoms with Crippen LogP contribution >= 0.6 is 0 Å². The Labute approximate surface area is 195 Å². The molecule has 0 spiro atoms. The lowest BCUT2D eigenvalue weighted by atomic mass is 9.80. The van der Waals surface area contributed by atoms with Gasteiger partial charge in [0, 0.05) is 23.2 Å². The summed E-state index contributed by atoms with van der Waals surface area (Å²) in [6.07, 6.45) is -5.41. The molecule has 2 aliphatic rings. The summed E-state index contributed by atoms with van der Waals surface area (Å²) >= 11 is 0. The van der Waals surface area contributed by atoms with Gasteiger partial charge in [-0.05, 0) is 25.0 Å². The third-order valence-corrected chi connectivity index (χ3v) is 7.48. The normalized spacial score (nSPS) is 18.4. The zero-order valence-corrected chi connectivity index (χ0v) is 18.9. The molecule has 0 bridgehead atoms. The molecule has 0 radical (unpaired) electrons. The zero-order valence-electron chi connectivity index (χ0n) is 18.0. The Morgan fingerprint density at radius 1 is 1.14 bits per heavy atom. The topological polar surface area (TPSA) is 105 Å². The van der Waals surface area contributed by atoms with E-state index in [1.165, 1.54) is 11.0 Å². The average Bonchev–Trinajstić information content (AvgIpc) is 3.38. The van der Waals surface area contributed by atoms with E-state index in [1.807, 2.05) is 4.72 Å². The van der Waals surface area contributed by atoms with Crippen molar-refractivity contribution in [3.63, 3.8) is 0 Å². The molecule has 1 amide bonds. The maximum absolute atomic E-state index is 14.9. The fourth-order valence-corrected chi connectivity index (χ4v) is 5.59. The van der Waals surface area contributed by atoms with Crippen molar-refractivity contribution >= 4 is 15.9 Å². The summed E-state index contributed by atoms with van der Waals surface area (Å²) in [6, 6.07) is 2.17. The number of nitrogens with zero attached hydrogens (tertiary/aromatic N) is 3. The van der Waals surface area contributed by atoms with E-state index in [0.29, 0.717) is 25.7 Å². The Hall–Kier alpha value is -2.68. The van der Waals surface area contributed by atoms with Crippen molar-refractivity contribution in [2.75, 3.05) is 12.3 Å². The molecule has 8 nitrogen and oxygen atoms in total. The highest BCUT2D eigenvalue weighted by atomic mass is 32.2. The molecule has 1 N–H and O–H groups in total. The van der Waals surface area contributed by atoms with Crippen LogP contribution in [0.4, 0.5) is 26.3 Å². The quantitative estimate of drug-likeness (QED) is 0.548. The van der Waals surface area contributed by atoms with Gasteiger partial charge in [-0.25, -0.2) is 17.5 Å². The molecule has 2 aromatic rings. The second-order valence-corrected chi connectivity index (χ2v) is 10.4. The predicted molar refractivity (Wildman–Crippen MR) is 108 cm³/mol. The lowest BCUT2D eigenvalue weighted by Gasteiger charge is -2.44. The summed E-state index contributed by atoms with van der Waals surface area (Å²) in [4.78, 5) is 14.6. The highest BCUT2D eigenvalue weighted by Gasteiger charge is 2.46.